The van der Waals surface area contributed by atoms with Gasteiger partial charge in [0.25, 0.3) is 0 Å². The normalized spacial score (nSPS) is 30.5. The molecule has 0 aromatic carbocycles. The summed E-state index contributed by atoms with van der Waals surface area (Å²) in [5, 5.41) is 28.5. The number of aliphatic hydroxyl groups excluding tert-OH is 2. The molecule has 82 valence electrons. The van der Waals surface area contributed by atoms with Crippen LogP contribution in [0.5, 0.6) is 0 Å². The summed E-state index contributed by atoms with van der Waals surface area (Å²) in [5.74, 6) is -3.56. The van der Waals surface area contributed by atoms with Gasteiger partial charge in [-0.1, -0.05) is 0 Å². The smallest absolute Gasteiger partial charge is 0.166 e. The van der Waals surface area contributed by atoms with Crippen LogP contribution in [0.3, 0.4) is 0 Å². The average molecular weight is 212 g/mol. The third-order valence-corrected chi connectivity index (χ3v) is 2.37. The molecule has 0 spiro atoms. The van der Waals surface area contributed by atoms with Gasteiger partial charge >= 0.3 is 0 Å². The van der Waals surface area contributed by atoms with Crippen LogP contribution in [0.1, 0.15) is 13.8 Å². The molecule has 0 saturated carbocycles. The molecule has 5 nitrogen and oxygen atoms in total. The van der Waals surface area contributed by atoms with Gasteiger partial charge in [0.2, 0.25) is 0 Å². The number of carbonyl (C=O) groups excluding carboxylic acids is 2. The molecule has 15 heavy (non-hydrogen) atoms. The van der Waals surface area contributed by atoms with Gasteiger partial charge in [0.15, 0.2) is 11.4 Å². The van der Waals surface area contributed by atoms with Gasteiger partial charge in [-0.05, 0) is 19.9 Å². The maximum absolute atomic E-state index is 11.2. The summed E-state index contributed by atoms with van der Waals surface area (Å²) in [5.41, 5.74) is -2.16. The van der Waals surface area contributed by atoms with Gasteiger partial charge < -0.3 is 15.3 Å². The molecule has 0 aromatic rings. The van der Waals surface area contributed by atoms with Gasteiger partial charge in [0, 0.05) is 6.08 Å². The van der Waals surface area contributed by atoms with Crippen molar-refractivity contribution in [1.82, 2.24) is 0 Å². The average Bonchev–Trinajstić information content (AvgIpc) is 2.00. The summed E-state index contributed by atoms with van der Waals surface area (Å²) in [6.45, 7) is 2.23. The number of Topliss-reactive ketones (excluding diaryl/α,β-unsaturated/α-hetero) is 2. The van der Waals surface area contributed by atoms with Gasteiger partial charge in [-0.15, -0.1) is 0 Å². The Hall–Kier alpha value is -1.62. The van der Waals surface area contributed by atoms with Crippen molar-refractivity contribution < 1.29 is 24.9 Å². The van der Waals surface area contributed by atoms with Crippen molar-refractivity contribution in [2.24, 2.45) is 5.92 Å². The van der Waals surface area contributed by atoms with E-state index in [0.717, 1.165) is 26.0 Å². The summed E-state index contributed by atoms with van der Waals surface area (Å²) >= 11 is 0. The lowest BCUT2D eigenvalue weighted by Gasteiger charge is -2.31. The molecule has 1 aliphatic carbocycles. The molecule has 3 N–H and O–H groups in total. The minimum atomic E-state index is -2.16. The second-order valence-corrected chi connectivity index (χ2v) is 3.56. The molecule has 0 radical (unpaired) electrons. The van der Waals surface area contributed by atoms with Gasteiger partial charge in [-0.25, -0.2) is 0 Å². The molecule has 0 aliphatic heterocycles. The molecule has 0 heterocycles. The molecular weight excluding hydrogens is 200 g/mol. The van der Waals surface area contributed by atoms with E-state index in [1.165, 1.54) is 0 Å². The maximum Gasteiger partial charge on any atom is 0.166 e. The second kappa shape index (κ2) is 3.51. The Labute approximate surface area is 86.3 Å². The highest BCUT2D eigenvalue weighted by atomic mass is 16.3. The van der Waals surface area contributed by atoms with Crippen LogP contribution in [-0.4, -0.2) is 32.5 Å². The van der Waals surface area contributed by atoms with E-state index in [1.807, 2.05) is 0 Å². The Morgan fingerprint density at radius 1 is 1.33 bits per heavy atom. The van der Waals surface area contributed by atoms with Crippen LogP contribution in [0, 0.1) is 5.92 Å². The van der Waals surface area contributed by atoms with E-state index in [2.05, 4.69) is 0 Å². The quantitative estimate of drug-likeness (QED) is 0.616. The lowest BCUT2D eigenvalue weighted by molar-refractivity contribution is -0.142. The Morgan fingerprint density at radius 3 is 2.27 bits per heavy atom. The second-order valence-electron chi connectivity index (χ2n) is 3.56. The fourth-order valence-electron chi connectivity index (χ4n) is 1.63. The first-order valence-electron chi connectivity index (χ1n) is 4.35. The number of carbonyl (C=O) groups is 2. The molecule has 2 unspecified atom stereocenters. The SMILES string of the molecule is CC(=O)C1C(O)=CC(O)=CC1(O)C(C)=O. The fraction of sp³-hybridized carbons (Fsp3) is 0.400. The van der Waals surface area contributed by atoms with Crippen LogP contribution in [0.4, 0.5) is 0 Å². The number of hydrogen-bond acceptors (Lipinski definition) is 5. The summed E-state index contributed by atoms with van der Waals surface area (Å²) in [6.07, 6.45) is 1.80. The van der Waals surface area contributed by atoms with Crippen molar-refractivity contribution in [2.45, 2.75) is 19.4 Å². The Kier molecular flexibility index (Phi) is 2.68. The first-order valence-corrected chi connectivity index (χ1v) is 4.35. The molecular formula is C10H12O5. The minimum absolute atomic E-state index is 0.442. The summed E-state index contributed by atoms with van der Waals surface area (Å²) in [7, 11) is 0. The van der Waals surface area contributed by atoms with E-state index in [9.17, 15) is 19.8 Å². The van der Waals surface area contributed by atoms with Crippen molar-refractivity contribution in [1.29, 1.82) is 0 Å². The third-order valence-electron chi connectivity index (χ3n) is 2.37. The minimum Gasteiger partial charge on any atom is -0.511 e. The van der Waals surface area contributed by atoms with Gasteiger partial charge in [0.1, 0.15) is 23.2 Å². The lowest BCUT2D eigenvalue weighted by Crippen LogP contribution is -2.48. The standard InChI is InChI=1S/C10H12O5/c1-5(11)9-8(14)3-7(13)4-10(9,15)6(2)12/h3-4,9,13-15H,1-2H3. The van der Waals surface area contributed by atoms with Crippen LogP contribution < -0.4 is 0 Å². The van der Waals surface area contributed by atoms with Gasteiger partial charge in [0.05, 0.1) is 0 Å². The predicted molar refractivity (Wildman–Crippen MR) is 51.2 cm³/mol. The predicted octanol–water partition coefficient (Wildman–Crippen LogP) is 0.409. The molecule has 1 rings (SSSR count). The van der Waals surface area contributed by atoms with Crippen molar-refractivity contribution >= 4 is 11.6 Å². The zero-order valence-electron chi connectivity index (χ0n) is 8.39. The highest BCUT2D eigenvalue weighted by Gasteiger charge is 2.47. The summed E-state index contributed by atoms with van der Waals surface area (Å²) in [6, 6.07) is 0. The van der Waals surface area contributed by atoms with Gasteiger partial charge in [-0.3, -0.25) is 9.59 Å². The van der Waals surface area contributed by atoms with Crippen LogP contribution in [0.25, 0.3) is 0 Å². The molecule has 0 fully saturated rings. The first-order chi connectivity index (χ1) is 6.79. The molecule has 1 aliphatic rings. The van der Waals surface area contributed by atoms with E-state index in [4.69, 9.17) is 5.11 Å². The van der Waals surface area contributed by atoms with E-state index >= 15 is 0 Å². The highest BCUT2D eigenvalue weighted by molar-refractivity contribution is 5.96. The van der Waals surface area contributed by atoms with Crippen molar-refractivity contribution in [3.8, 4) is 0 Å². The summed E-state index contributed by atoms with van der Waals surface area (Å²) in [4.78, 5) is 22.4. The van der Waals surface area contributed by atoms with Crippen LogP contribution in [-0.2, 0) is 9.59 Å². The third kappa shape index (κ3) is 1.78. The topological polar surface area (TPSA) is 94.8 Å². The zero-order chi connectivity index (χ0) is 11.8. The molecule has 0 aromatic heterocycles. The van der Waals surface area contributed by atoms with Crippen LogP contribution >= 0.6 is 0 Å². The largest absolute Gasteiger partial charge is 0.511 e. The molecule has 2 atom stereocenters. The van der Waals surface area contributed by atoms with E-state index in [0.29, 0.717) is 0 Å². The Bertz CT molecular complexity index is 379. The Balaban J connectivity index is 3.31. The number of allylic oxidation sites excluding steroid dienone is 1. The van der Waals surface area contributed by atoms with Crippen molar-refractivity contribution in [3.05, 3.63) is 23.7 Å². The number of ketones is 2. The Morgan fingerprint density at radius 2 is 1.87 bits per heavy atom. The molecule has 5 heteroatoms. The van der Waals surface area contributed by atoms with E-state index < -0.39 is 34.6 Å². The molecule has 0 bridgehead atoms. The van der Waals surface area contributed by atoms with Crippen molar-refractivity contribution in [3.63, 3.8) is 0 Å². The number of hydrogen-bond donors (Lipinski definition) is 3. The number of rotatable bonds is 2. The van der Waals surface area contributed by atoms with Gasteiger partial charge in [-0.2, -0.15) is 0 Å². The molecule has 0 amide bonds. The van der Waals surface area contributed by atoms with Crippen LogP contribution in [0.15, 0.2) is 23.7 Å². The highest BCUT2D eigenvalue weighted by Crippen LogP contribution is 2.32. The first kappa shape index (κ1) is 11.5. The van der Waals surface area contributed by atoms with Crippen molar-refractivity contribution in [2.75, 3.05) is 0 Å². The zero-order valence-corrected chi connectivity index (χ0v) is 8.39. The number of aliphatic hydroxyl groups is 3. The monoisotopic (exact) mass is 212 g/mol. The van der Waals surface area contributed by atoms with E-state index in [-0.39, 0.29) is 0 Å². The van der Waals surface area contributed by atoms with Crippen LogP contribution in [0.2, 0.25) is 0 Å². The maximum atomic E-state index is 11.2. The summed E-state index contributed by atoms with van der Waals surface area (Å²) < 4.78 is 0. The molecule has 0 saturated heterocycles. The van der Waals surface area contributed by atoms with E-state index in [1.54, 1.807) is 0 Å². The lowest BCUT2D eigenvalue weighted by atomic mass is 9.77. The fourth-order valence-corrected chi connectivity index (χ4v) is 1.63.